The summed E-state index contributed by atoms with van der Waals surface area (Å²) in [4.78, 5) is 185. The fraction of sp³-hybridized carbons (Fsp3) is 0.623. The molecule has 3 fully saturated rings. The first kappa shape index (κ1) is 81.2. The number of aryl methyl sites for hydroxylation is 1. The van der Waals surface area contributed by atoms with Gasteiger partial charge in [0, 0.05) is 69.3 Å². The van der Waals surface area contributed by atoms with Gasteiger partial charge in [0.05, 0.1) is 25.1 Å². The van der Waals surface area contributed by atoms with E-state index >= 15 is 19.2 Å². The molecule has 2 bridgehead atoms. The number of rotatable bonds is 10. The van der Waals surface area contributed by atoms with Crippen LogP contribution in [0.3, 0.4) is 0 Å². The Morgan fingerprint density at radius 3 is 1.81 bits per heavy atom. The van der Waals surface area contributed by atoms with Crippen molar-refractivity contribution in [3.05, 3.63) is 82.4 Å². The molecule has 2 heterocycles. The van der Waals surface area contributed by atoms with E-state index in [0.717, 1.165) is 60.7 Å². The van der Waals surface area contributed by atoms with Crippen molar-refractivity contribution in [1.82, 2.24) is 60.5 Å². The molecule has 6 rings (SSSR count). The van der Waals surface area contributed by atoms with Gasteiger partial charge in [-0.3, -0.25) is 57.5 Å². The average Bonchev–Trinajstić information content (AvgIpc) is 1.74. The highest BCUT2D eigenvalue weighted by Crippen LogP contribution is 2.39. The van der Waals surface area contributed by atoms with Gasteiger partial charge >= 0.3 is 12.4 Å². The molecule has 101 heavy (non-hydrogen) atoms. The van der Waals surface area contributed by atoms with E-state index in [9.17, 15) is 73.5 Å². The maximum absolute atomic E-state index is 15.2. The number of halogens is 8. The number of carbonyl (C=O) groups excluding carboxylic acids is 12. The van der Waals surface area contributed by atoms with E-state index in [1.165, 1.54) is 66.1 Å². The lowest BCUT2D eigenvalue weighted by molar-refractivity contribution is -0.157. The molecule has 2 aromatic carbocycles. The third kappa shape index (κ3) is 19.7. The Balaban J connectivity index is 1.44. The highest BCUT2D eigenvalue weighted by atomic mass is 19.4. The molecule has 4 aliphatic rings. The smallest absolute Gasteiger partial charge is 0.347 e. The molecule has 0 radical (unpaired) electrons. The topological polar surface area (TPSA) is 279 Å². The number of alkyl halides is 6. The summed E-state index contributed by atoms with van der Waals surface area (Å²) in [5.74, 6) is -15.4. The van der Waals surface area contributed by atoms with Gasteiger partial charge in [0.15, 0.2) is 0 Å². The molecule has 0 aromatic heterocycles. The van der Waals surface area contributed by atoms with Crippen molar-refractivity contribution in [3.63, 3.8) is 0 Å². The summed E-state index contributed by atoms with van der Waals surface area (Å²) in [7, 11) is 10.5. The maximum Gasteiger partial charge on any atom is 0.422 e. The molecule has 2 aliphatic heterocycles. The lowest BCUT2D eigenvalue weighted by Crippen LogP contribution is -2.68. The Morgan fingerprint density at radius 2 is 1.27 bits per heavy atom. The lowest BCUT2D eigenvalue weighted by atomic mass is 9.74. The Bertz CT molecular complexity index is 3410. The fourth-order valence-corrected chi connectivity index (χ4v) is 13.4. The second-order valence-corrected chi connectivity index (χ2v) is 27.2. The van der Waals surface area contributed by atoms with Crippen LogP contribution in [0.25, 0.3) is 0 Å². The van der Waals surface area contributed by atoms with E-state index in [1.807, 2.05) is 0 Å². The second-order valence-electron chi connectivity index (χ2n) is 27.2. The van der Waals surface area contributed by atoms with Crippen molar-refractivity contribution in [1.29, 1.82) is 0 Å². The largest absolute Gasteiger partial charge is 0.422 e. The highest BCUT2D eigenvalue weighted by Gasteiger charge is 2.52. The molecule has 9 atom stereocenters. The van der Waals surface area contributed by atoms with Crippen LogP contribution in [0, 0.1) is 23.5 Å². The number of hydrogen-bond acceptors (Lipinski definition) is 12. The zero-order valence-electron chi connectivity index (χ0n) is 59.1. The number of likely N-dealkylation sites (N-methyl/N-ethyl adjacent to an activating group) is 7. The van der Waals surface area contributed by atoms with Crippen molar-refractivity contribution in [2.24, 2.45) is 11.8 Å². The minimum absolute atomic E-state index is 0.0131. The number of hydrogen-bond donors (Lipinski definition) is 4. The van der Waals surface area contributed by atoms with Crippen molar-refractivity contribution >= 4 is 70.9 Å². The molecule has 2 aliphatic carbocycles. The van der Waals surface area contributed by atoms with E-state index in [4.69, 9.17) is 0 Å². The third-order valence-electron chi connectivity index (χ3n) is 19.9. The van der Waals surface area contributed by atoms with Crippen LogP contribution < -0.4 is 21.3 Å². The van der Waals surface area contributed by atoms with Gasteiger partial charge in [-0.1, -0.05) is 64.3 Å². The number of nitrogens with zero attached hydrogens (tertiary/aromatic N) is 8. The van der Waals surface area contributed by atoms with Gasteiger partial charge in [0.1, 0.15) is 71.1 Å². The van der Waals surface area contributed by atoms with Crippen molar-refractivity contribution < 1.29 is 92.7 Å². The molecule has 0 unspecified atom stereocenters. The quantitative estimate of drug-likeness (QED) is 0.188. The second kappa shape index (κ2) is 34.3. The van der Waals surface area contributed by atoms with Crippen molar-refractivity contribution in [2.45, 2.75) is 190 Å². The molecule has 2 saturated carbocycles. The zero-order valence-corrected chi connectivity index (χ0v) is 59.1. The van der Waals surface area contributed by atoms with E-state index in [-0.39, 0.29) is 44.2 Å². The molecule has 32 heteroatoms. The Morgan fingerprint density at radius 1 is 0.663 bits per heavy atom. The Hall–Kier alpha value is -8.74. The van der Waals surface area contributed by atoms with Crippen molar-refractivity contribution in [2.75, 3.05) is 76.0 Å². The van der Waals surface area contributed by atoms with Crippen LogP contribution in [0.15, 0.2) is 48.6 Å². The van der Waals surface area contributed by atoms with Gasteiger partial charge in [-0.05, 0) is 118 Å². The standard InChI is InChI=1S/C69H94F8N12O12/c1-13-39(3)56-64(99)84(8)38-54(92)86(10)49-23-16-15-19-32-89(63(49)98)51(35-41-24-27-44(28-25-41)68(72,73)74)62(97)83(7)37-52(90)79-47(29-26-42-33-45(70)55(46(71)34-42)69(75,76)77)59(94)78-40(4)58(93)81-67(30-20-31-67)66(101)88(12)57(43-21-17-18-22-43)65(100)87(11)50(61(96)82(5)6)36-53(91)85(9)48(14-2)60(95)80-56/h15-16,24-25,27-28,33-34,39-40,43,47-51,56-57H,13-14,17-23,26,29-32,35-38H2,1-12H3,(H,78,94)(H,79,90)(H,80,95)(H,81,93)/b16-15-/t39-,40-,47-,48-,49-,50-,51-,56-,57-/m0/s1. The van der Waals surface area contributed by atoms with E-state index in [0.29, 0.717) is 50.7 Å². The minimum Gasteiger partial charge on any atom is -0.347 e. The number of benzene rings is 2. The lowest BCUT2D eigenvalue weighted by Gasteiger charge is -2.46. The molecule has 4 N–H and O–H groups in total. The fourth-order valence-electron chi connectivity index (χ4n) is 13.4. The van der Waals surface area contributed by atoms with Crippen LogP contribution in [0.4, 0.5) is 35.1 Å². The number of carbonyl (C=O) groups is 12. The Kier molecular flexibility index (Phi) is 27.6. The molecule has 12 amide bonds. The van der Waals surface area contributed by atoms with Gasteiger partial charge in [-0.25, -0.2) is 8.78 Å². The first-order valence-corrected chi connectivity index (χ1v) is 33.8. The average molecular weight is 1440 g/mol. The summed E-state index contributed by atoms with van der Waals surface area (Å²) in [5, 5.41) is 10.4. The van der Waals surface area contributed by atoms with Crippen LogP contribution in [0.5, 0.6) is 0 Å². The first-order valence-electron chi connectivity index (χ1n) is 33.8. The predicted octanol–water partition coefficient (Wildman–Crippen LogP) is 4.60. The number of amides is 12. The summed E-state index contributed by atoms with van der Waals surface area (Å²) in [5.41, 5.74) is -5.23. The molecule has 1 spiro atoms. The molecular weight excluding hydrogens is 1340 g/mol. The number of nitrogens with one attached hydrogen (secondary N) is 4. The Labute approximate surface area is 582 Å². The summed E-state index contributed by atoms with van der Waals surface area (Å²) < 4.78 is 112. The summed E-state index contributed by atoms with van der Waals surface area (Å²) in [6, 6.07) is -7.37. The van der Waals surface area contributed by atoms with Crippen LogP contribution in [0.2, 0.25) is 0 Å². The number of fused-ring (bicyclic) bond motifs is 2. The maximum atomic E-state index is 15.2. The van der Waals surface area contributed by atoms with Crippen LogP contribution in [-0.4, -0.2) is 240 Å². The van der Waals surface area contributed by atoms with E-state index in [1.54, 1.807) is 32.9 Å². The van der Waals surface area contributed by atoms with Crippen LogP contribution in [-0.2, 0) is 82.7 Å². The van der Waals surface area contributed by atoms with Crippen LogP contribution in [0.1, 0.15) is 133 Å². The third-order valence-corrected chi connectivity index (χ3v) is 19.9. The van der Waals surface area contributed by atoms with E-state index < -0.39 is 216 Å². The monoisotopic (exact) mass is 1430 g/mol. The normalized spacial score (nSPS) is 25.6. The van der Waals surface area contributed by atoms with Gasteiger partial charge in [-0.15, -0.1) is 0 Å². The first-order chi connectivity index (χ1) is 47.2. The minimum atomic E-state index is -5.45. The van der Waals surface area contributed by atoms with Gasteiger partial charge in [0.2, 0.25) is 70.9 Å². The van der Waals surface area contributed by atoms with Crippen LogP contribution >= 0.6 is 0 Å². The molecular formula is C69H94F8N12O12. The molecule has 2 aromatic rings. The SMILES string of the molecule is CC[C@H](C)[C@@H]1NC(=O)[C@H](CC)N(C)C(=O)C[C@@H](C(=O)N(C)C)N(C)C(=O)[C@H](C2CCCC2)N(C)C(=O)C2(CCC2)NC(=O)[C@H](C)NC(=O)[C@H](CCc2cc(F)c(C(F)(F)F)c(F)c2)NC(=O)CN(C)C(=O)[C@H](Cc2ccc(C(F)(F)F)cc2)N2CC/C=C\C[C@@H](C2=O)N(C)C(=O)CN(C)C1=O. The summed E-state index contributed by atoms with van der Waals surface area (Å²) in [6.45, 7) is 4.37. The predicted molar refractivity (Wildman–Crippen MR) is 351 cm³/mol. The molecule has 558 valence electrons. The zero-order chi connectivity index (χ0) is 75.5. The van der Waals surface area contributed by atoms with Gasteiger partial charge in [-0.2, -0.15) is 26.3 Å². The van der Waals surface area contributed by atoms with Gasteiger partial charge < -0.3 is 60.5 Å². The highest BCUT2D eigenvalue weighted by molar-refractivity contribution is 6.01. The summed E-state index contributed by atoms with van der Waals surface area (Å²) >= 11 is 0. The molecule has 1 saturated heterocycles. The van der Waals surface area contributed by atoms with E-state index in [2.05, 4.69) is 21.3 Å². The van der Waals surface area contributed by atoms with Crippen molar-refractivity contribution in [3.8, 4) is 0 Å². The summed E-state index contributed by atoms with van der Waals surface area (Å²) in [6.07, 6.45) is -6.33. The van der Waals surface area contributed by atoms with Gasteiger partial charge in [0.25, 0.3) is 0 Å². The molecule has 24 nitrogen and oxygen atoms in total.